The van der Waals surface area contributed by atoms with Gasteiger partial charge in [0, 0.05) is 11.6 Å². The fraction of sp³-hybridized carbons (Fsp3) is 0.308. The summed E-state index contributed by atoms with van der Waals surface area (Å²) in [5.41, 5.74) is 1.79. The number of aryl methyl sites for hydroxylation is 1. The summed E-state index contributed by atoms with van der Waals surface area (Å²) in [5, 5.41) is 14.0. The Bertz CT molecular complexity index is 599. The molecule has 0 atom stereocenters. The van der Waals surface area contributed by atoms with Gasteiger partial charge < -0.3 is 5.11 Å². The lowest BCUT2D eigenvalue weighted by atomic mass is 10.2. The Morgan fingerprint density at radius 2 is 2.11 bits per heavy atom. The number of aromatic nitrogens is 2. The molecule has 0 unspecified atom stereocenters. The molecule has 2 aromatic rings. The zero-order chi connectivity index (χ0) is 14.0. The summed E-state index contributed by atoms with van der Waals surface area (Å²) in [5.74, 6) is -0.534. The van der Waals surface area contributed by atoms with Crippen LogP contribution in [0.5, 0.6) is 0 Å². The summed E-state index contributed by atoms with van der Waals surface area (Å²) in [6.45, 7) is 1.82. The van der Waals surface area contributed by atoms with Gasteiger partial charge in [-0.3, -0.25) is 0 Å². The van der Waals surface area contributed by atoms with E-state index in [0.717, 1.165) is 12.1 Å². The lowest BCUT2D eigenvalue weighted by Crippen LogP contribution is -1.98. The van der Waals surface area contributed by atoms with Crippen LogP contribution in [0.3, 0.4) is 0 Å². The van der Waals surface area contributed by atoms with Gasteiger partial charge in [-0.25, -0.2) is 9.07 Å². The van der Waals surface area contributed by atoms with Crippen LogP contribution in [0.2, 0.25) is 10.2 Å². The van der Waals surface area contributed by atoms with Crippen molar-refractivity contribution in [2.45, 2.75) is 26.4 Å². The van der Waals surface area contributed by atoms with Crippen LogP contribution in [0, 0.1) is 5.82 Å². The van der Waals surface area contributed by atoms with Crippen molar-refractivity contribution in [2.75, 3.05) is 0 Å². The predicted molar refractivity (Wildman–Crippen MR) is 73.5 cm³/mol. The van der Waals surface area contributed by atoms with E-state index >= 15 is 0 Å². The molecular weight excluding hydrogens is 290 g/mol. The Morgan fingerprint density at radius 3 is 2.68 bits per heavy atom. The molecule has 0 radical (unpaired) electrons. The van der Waals surface area contributed by atoms with Crippen LogP contribution in [0.1, 0.15) is 24.6 Å². The summed E-state index contributed by atoms with van der Waals surface area (Å²) in [6.07, 6.45) is 1.59. The highest BCUT2D eigenvalue weighted by Gasteiger charge is 2.16. The molecule has 102 valence electrons. The molecule has 0 bridgehead atoms. The number of rotatable bonds is 4. The largest absolute Gasteiger partial charge is 0.391 e. The van der Waals surface area contributed by atoms with Crippen LogP contribution < -0.4 is 0 Å². The Kier molecular flexibility index (Phi) is 4.45. The van der Waals surface area contributed by atoms with E-state index < -0.39 is 5.82 Å². The molecule has 2 rings (SSSR count). The van der Waals surface area contributed by atoms with Crippen LogP contribution in [0.15, 0.2) is 18.2 Å². The zero-order valence-corrected chi connectivity index (χ0v) is 11.8. The minimum atomic E-state index is -0.534. The van der Waals surface area contributed by atoms with E-state index in [1.54, 1.807) is 6.07 Å². The minimum Gasteiger partial charge on any atom is -0.391 e. The number of aliphatic hydroxyl groups is 1. The fourth-order valence-electron chi connectivity index (χ4n) is 1.85. The van der Waals surface area contributed by atoms with Crippen molar-refractivity contribution in [1.82, 2.24) is 9.78 Å². The monoisotopic (exact) mass is 302 g/mol. The van der Waals surface area contributed by atoms with Crippen molar-refractivity contribution in [2.24, 2.45) is 0 Å². The van der Waals surface area contributed by atoms with Gasteiger partial charge in [0.25, 0.3) is 0 Å². The van der Waals surface area contributed by atoms with Gasteiger partial charge >= 0.3 is 0 Å². The molecule has 6 heteroatoms. The maximum absolute atomic E-state index is 13.5. The van der Waals surface area contributed by atoms with Crippen LogP contribution in [-0.2, 0) is 13.0 Å². The summed E-state index contributed by atoms with van der Waals surface area (Å²) < 4.78 is 14.9. The molecule has 19 heavy (non-hydrogen) atoms. The highest BCUT2D eigenvalue weighted by molar-refractivity contribution is 6.31. The SMILES string of the molecule is CCCc1nn(-c2ccc(Cl)c(F)c2)c(Cl)c1CO. The van der Waals surface area contributed by atoms with E-state index in [4.69, 9.17) is 23.2 Å². The maximum Gasteiger partial charge on any atom is 0.143 e. The average Bonchev–Trinajstić information content (AvgIpc) is 2.70. The predicted octanol–water partition coefficient (Wildman–Crippen LogP) is 3.76. The van der Waals surface area contributed by atoms with E-state index in [1.807, 2.05) is 6.92 Å². The second-order valence-corrected chi connectivity index (χ2v) is 4.90. The Morgan fingerprint density at radius 1 is 1.37 bits per heavy atom. The van der Waals surface area contributed by atoms with Crippen molar-refractivity contribution in [3.05, 3.63) is 45.4 Å². The number of benzene rings is 1. The van der Waals surface area contributed by atoms with Gasteiger partial charge in [-0.2, -0.15) is 5.10 Å². The highest BCUT2D eigenvalue weighted by Crippen LogP contribution is 2.26. The molecule has 0 saturated carbocycles. The topological polar surface area (TPSA) is 38.0 Å². The third kappa shape index (κ3) is 2.76. The van der Waals surface area contributed by atoms with Gasteiger partial charge in [-0.15, -0.1) is 0 Å². The summed E-state index contributed by atoms with van der Waals surface area (Å²) in [7, 11) is 0. The van der Waals surface area contributed by atoms with Crippen molar-refractivity contribution in [1.29, 1.82) is 0 Å². The number of nitrogens with zero attached hydrogens (tertiary/aromatic N) is 2. The van der Waals surface area contributed by atoms with Gasteiger partial charge in [0.05, 0.1) is 23.0 Å². The first kappa shape index (κ1) is 14.3. The molecule has 0 aliphatic heterocycles. The van der Waals surface area contributed by atoms with E-state index in [2.05, 4.69) is 5.10 Å². The zero-order valence-electron chi connectivity index (χ0n) is 10.3. The first-order valence-corrected chi connectivity index (χ1v) is 6.66. The molecule has 0 aliphatic rings. The van der Waals surface area contributed by atoms with Gasteiger partial charge in [-0.05, 0) is 18.6 Å². The molecule has 3 nitrogen and oxygen atoms in total. The Hall–Kier alpha value is -1.10. The van der Waals surface area contributed by atoms with Crippen LogP contribution in [0.4, 0.5) is 4.39 Å². The quantitative estimate of drug-likeness (QED) is 0.934. The molecule has 1 heterocycles. The molecule has 0 aliphatic carbocycles. The minimum absolute atomic E-state index is 0.0446. The normalized spacial score (nSPS) is 11.0. The van der Waals surface area contributed by atoms with E-state index in [1.165, 1.54) is 16.8 Å². The first-order chi connectivity index (χ1) is 9.08. The molecule has 1 aromatic heterocycles. The molecule has 1 aromatic carbocycles. The van der Waals surface area contributed by atoms with E-state index in [9.17, 15) is 9.50 Å². The van der Waals surface area contributed by atoms with E-state index in [0.29, 0.717) is 22.8 Å². The summed E-state index contributed by atoms with van der Waals surface area (Å²) >= 11 is 11.8. The number of halogens is 3. The Balaban J connectivity index is 2.52. The smallest absolute Gasteiger partial charge is 0.143 e. The second kappa shape index (κ2) is 5.90. The third-order valence-corrected chi connectivity index (χ3v) is 3.49. The fourth-order valence-corrected chi connectivity index (χ4v) is 2.28. The average molecular weight is 303 g/mol. The molecule has 1 N–H and O–H groups in total. The highest BCUT2D eigenvalue weighted by atomic mass is 35.5. The molecular formula is C13H13Cl2FN2O. The summed E-state index contributed by atoms with van der Waals surface area (Å²) in [4.78, 5) is 0. The van der Waals surface area contributed by atoms with Crippen LogP contribution >= 0.6 is 23.2 Å². The first-order valence-electron chi connectivity index (χ1n) is 5.91. The number of aliphatic hydroxyl groups excluding tert-OH is 1. The van der Waals surface area contributed by atoms with Crippen LogP contribution in [-0.4, -0.2) is 14.9 Å². The third-order valence-electron chi connectivity index (χ3n) is 2.80. The van der Waals surface area contributed by atoms with Crippen molar-refractivity contribution < 1.29 is 9.50 Å². The van der Waals surface area contributed by atoms with Crippen molar-refractivity contribution >= 4 is 23.2 Å². The summed E-state index contributed by atoms with van der Waals surface area (Å²) in [6, 6.07) is 4.33. The lowest BCUT2D eigenvalue weighted by molar-refractivity contribution is 0.280. The molecule has 0 fully saturated rings. The molecule has 0 spiro atoms. The number of hydrogen-bond donors (Lipinski definition) is 1. The van der Waals surface area contributed by atoms with E-state index in [-0.39, 0.29) is 11.6 Å². The second-order valence-electron chi connectivity index (χ2n) is 4.13. The maximum atomic E-state index is 13.5. The number of hydrogen-bond acceptors (Lipinski definition) is 2. The van der Waals surface area contributed by atoms with Crippen molar-refractivity contribution in [3.8, 4) is 5.69 Å². The molecule has 0 saturated heterocycles. The van der Waals surface area contributed by atoms with Gasteiger partial charge in [-0.1, -0.05) is 36.5 Å². The van der Waals surface area contributed by atoms with Crippen LogP contribution in [0.25, 0.3) is 5.69 Å². The van der Waals surface area contributed by atoms with Gasteiger partial charge in [0.15, 0.2) is 0 Å². The van der Waals surface area contributed by atoms with Crippen molar-refractivity contribution in [3.63, 3.8) is 0 Å². The Labute approximate surface area is 120 Å². The molecule has 0 amide bonds. The standard InChI is InChI=1S/C13H13Cl2FN2O/c1-2-3-12-9(7-19)13(15)18(17-12)8-4-5-10(14)11(16)6-8/h4-6,19H,2-3,7H2,1H3. The lowest BCUT2D eigenvalue weighted by Gasteiger charge is -2.04. The van der Waals surface area contributed by atoms with Gasteiger partial charge in [0.2, 0.25) is 0 Å². The van der Waals surface area contributed by atoms with Gasteiger partial charge in [0.1, 0.15) is 11.0 Å².